The van der Waals surface area contributed by atoms with Crippen molar-refractivity contribution in [2.45, 2.75) is 0 Å². The number of thioether (sulfide) groups is 1. The predicted octanol–water partition coefficient (Wildman–Crippen LogP) is 0.483. The van der Waals surface area contributed by atoms with Crippen LogP contribution >= 0.6 is 11.8 Å². The fourth-order valence-corrected chi connectivity index (χ4v) is 0.862. The van der Waals surface area contributed by atoms with Crippen LogP contribution in [0.5, 0.6) is 0 Å². The van der Waals surface area contributed by atoms with E-state index >= 15 is 0 Å². The summed E-state index contributed by atoms with van der Waals surface area (Å²) < 4.78 is 0. The molecule has 1 fully saturated rings. The van der Waals surface area contributed by atoms with Crippen LogP contribution in [0.4, 0.5) is 4.79 Å². The average Bonchev–Trinajstić information content (AvgIpc) is 1.85. The predicted molar refractivity (Wildman–Crippen MR) is 30.3 cm³/mol. The summed E-state index contributed by atoms with van der Waals surface area (Å²) in [4.78, 5) is 20.6. The molecule has 0 saturated carbocycles. The van der Waals surface area contributed by atoms with E-state index in [1.54, 1.807) is 0 Å². The van der Waals surface area contributed by atoms with Gasteiger partial charge in [-0.3, -0.25) is 9.59 Å². The Morgan fingerprint density at radius 1 is 1.50 bits per heavy atom. The van der Waals surface area contributed by atoms with Gasteiger partial charge in [0.25, 0.3) is 5.24 Å². The normalized spacial score (nSPS) is 19.2. The maximum Gasteiger partial charge on any atom is 0.291 e. The lowest BCUT2D eigenvalue weighted by molar-refractivity contribution is -0.107. The summed E-state index contributed by atoms with van der Waals surface area (Å²) in [5, 5.41) is 1.63. The Morgan fingerprint density at radius 3 is 2.25 bits per heavy atom. The molecule has 4 heteroatoms. The van der Waals surface area contributed by atoms with Crippen LogP contribution < -0.4 is 5.32 Å². The van der Waals surface area contributed by atoms with E-state index in [-0.39, 0.29) is 16.1 Å². The van der Waals surface area contributed by atoms with E-state index in [2.05, 4.69) is 11.9 Å². The number of nitrogens with one attached hydrogen (secondary N) is 1. The van der Waals surface area contributed by atoms with Gasteiger partial charge in [-0.1, -0.05) is 6.58 Å². The average molecular weight is 129 g/mol. The highest BCUT2D eigenvalue weighted by atomic mass is 32.2. The second-order valence-electron chi connectivity index (χ2n) is 1.28. The first-order valence-corrected chi connectivity index (χ1v) is 2.74. The summed E-state index contributed by atoms with van der Waals surface area (Å²) in [7, 11) is 0. The summed E-state index contributed by atoms with van der Waals surface area (Å²) >= 11 is 0.640. The number of carbonyl (C=O) groups excluding carboxylic acids is 2. The van der Waals surface area contributed by atoms with Crippen molar-refractivity contribution in [1.29, 1.82) is 0 Å². The third kappa shape index (κ3) is 0.742. The SMILES string of the molecule is C=C1NC(=O)SC1=O. The lowest BCUT2D eigenvalue weighted by Crippen LogP contribution is -2.08. The summed E-state index contributed by atoms with van der Waals surface area (Å²) in [6, 6.07) is 0. The van der Waals surface area contributed by atoms with Crippen molar-refractivity contribution in [3.05, 3.63) is 12.3 Å². The Labute approximate surface area is 50.1 Å². The van der Waals surface area contributed by atoms with E-state index in [9.17, 15) is 9.59 Å². The van der Waals surface area contributed by atoms with Crippen LogP contribution in [0.25, 0.3) is 0 Å². The zero-order chi connectivity index (χ0) is 6.15. The molecule has 0 radical (unpaired) electrons. The van der Waals surface area contributed by atoms with Crippen molar-refractivity contribution in [1.82, 2.24) is 5.32 Å². The van der Waals surface area contributed by atoms with E-state index in [4.69, 9.17) is 0 Å². The van der Waals surface area contributed by atoms with E-state index in [1.165, 1.54) is 0 Å². The van der Waals surface area contributed by atoms with Crippen LogP contribution in [-0.2, 0) is 4.79 Å². The quantitative estimate of drug-likeness (QED) is 0.484. The van der Waals surface area contributed by atoms with Crippen LogP contribution in [0.15, 0.2) is 12.3 Å². The van der Waals surface area contributed by atoms with Crippen molar-refractivity contribution in [2.24, 2.45) is 0 Å². The number of hydrogen-bond acceptors (Lipinski definition) is 3. The van der Waals surface area contributed by atoms with Gasteiger partial charge in [-0.25, -0.2) is 0 Å². The van der Waals surface area contributed by atoms with E-state index in [1.807, 2.05) is 0 Å². The number of hydrogen-bond donors (Lipinski definition) is 1. The molecule has 0 atom stereocenters. The van der Waals surface area contributed by atoms with Crippen molar-refractivity contribution in [3.8, 4) is 0 Å². The van der Waals surface area contributed by atoms with Gasteiger partial charge in [0.1, 0.15) is 0 Å². The minimum absolute atomic E-state index is 0.181. The topological polar surface area (TPSA) is 46.2 Å². The second-order valence-corrected chi connectivity index (χ2v) is 2.23. The molecule has 1 rings (SSSR count). The third-order valence-corrected chi connectivity index (χ3v) is 1.40. The minimum atomic E-state index is -0.333. The zero-order valence-corrected chi connectivity index (χ0v) is 4.75. The monoisotopic (exact) mass is 129 g/mol. The molecule has 0 aliphatic carbocycles. The van der Waals surface area contributed by atoms with E-state index < -0.39 is 0 Å². The molecule has 0 unspecified atom stereocenters. The molecule has 1 heterocycles. The van der Waals surface area contributed by atoms with Gasteiger partial charge in [0, 0.05) is 11.8 Å². The maximum atomic E-state index is 10.4. The molecule has 0 aromatic carbocycles. The molecule has 3 nitrogen and oxygen atoms in total. The Morgan fingerprint density at radius 2 is 2.12 bits per heavy atom. The van der Waals surface area contributed by atoms with Gasteiger partial charge >= 0.3 is 0 Å². The number of carbonyl (C=O) groups is 2. The molecule has 1 amide bonds. The lowest BCUT2D eigenvalue weighted by atomic mass is 10.6. The van der Waals surface area contributed by atoms with Crippen LogP contribution in [0.2, 0.25) is 0 Å². The van der Waals surface area contributed by atoms with Gasteiger partial charge in [0.15, 0.2) is 0 Å². The fraction of sp³-hybridized carbons (Fsp3) is 0. The Balaban J connectivity index is 2.79. The van der Waals surface area contributed by atoms with Crippen LogP contribution in [0.1, 0.15) is 0 Å². The molecule has 1 N–H and O–H groups in total. The van der Waals surface area contributed by atoms with Crippen molar-refractivity contribution < 1.29 is 9.59 Å². The first-order chi connectivity index (χ1) is 3.70. The number of rotatable bonds is 0. The smallest absolute Gasteiger partial charge is 0.291 e. The molecule has 8 heavy (non-hydrogen) atoms. The Kier molecular flexibility index (Phi) is 1.09. The van der Waals surface area contributed by atoms with Crippen molar-refractivity contribution >= 4 is 22.1 Å². The van der Waals surface area contributed by atoms with Crippen LogP contribution in [-0.4, -0.2) is 10.4 Å². The molecule has 0 bridgehead atoms. The molecule has 0 aromatic rings. The zero-order valence-electron chi connectivity index (χ0n) is 3.93. The van der Waals surface area contributed by atoms with Crippen LogP contribution in [0.3, 0.4) is 0 Å². The Bertz CT molecular complexity index is 157. The maximum absolute atomic E-state index is 10.4. The molecular weight excluding hydrogens is 126 g/mol. The highest BCUT2D eigenvalue weighted by molar-refractivity contribution is 8.27. The molecular formula is C4H3NO2S. The molecule has 42 valence electrons. The van der Waals surface area contributed by atoms with Crippen molar-refractivity contribution in [3.63, 3.8) is 0 Å². The van der Waals surface area contributed by atoms with Gasteiger partial charge in [-0.2, -0.15) is 0 Å². The fourth-order valence-electron chi connectivity index (χ4n) is 0.346. The second kappa shape index (κ2) is 1.63. The summed E-state index contributed by atoms with van der Waals surface area (Å²) in [5.41, 5.74) is 0.181. The summed E-state index contributed by atoms with van der Waals surface area (Å²) in [5.74, 6) is 0. The molecule has 1 aliphatic rings. The largest absolute Gasteiger partial charge is 0.313 e. The van der Waals surface area contributed by atoms with E-state index in [0.29, 0.717) is 11.8 Å². The summed E-state index contributed by atoms with van der Waals surface area (Å²) in [6.07, 6.45) is 0. The van der Waals surface area contributed by atoms with Crippen LogP contribution in [0, 0.1) is 0 Å². The van der Waals surface area contributed by atoms with Gasteiger partial charge in [-0.05, 0) is 0 Å². The first-order valence-electron chi connectivity index (χ1n) is 1.92. The van der Waals surface area contributed by atoms with Gasteiger partial charge in [0.2, 0.25) is 5.12 Å². The minimum Gasteiger partial charge on any atom is -0.313 e. The van der Waals surface area contributed by atoms with Gasteiger partial charge in [-0.15, -0.1) is 0 Å². The standard InChI is InChI=1S/C4H3NO2S/c1-2-3(6)8-4(7)5-2/h1H2,(H,5,7). The Hall–Kier alpha value is -0.770. The molecule has 1 aliphatic heterocycles. The van der Waals surface area contributed by atoms with Crippen molar-refractivity contribution in [2.75, 3.05) is 0 Å². The highest BCUT2D eigenvalue weighted by Crippen LogP contribution is 2.15. The first kappa shape index (κ1) is 5.37. The van der Waals surface area contributed by atoms with Gasteiger partial charge in [0.05, 0.1) is 5.70 Å². The molecule has 0 spiro atoms. The van der Waals surface area contributed by atoms with Gasteiger partial charge < -0.3 is 5.32 Å². The highest BCUT2D eigenvalue weighted by Gasteiger charge is 2.22. The molecule has 1 saturated heterocycles. The third-order valence-electron chi connectivity index (χ3n) is 0.685. The molecule has 0 aromatic heterocycles. The summed E-state index contributed by atoms with van der Waals surface area (Å²) in [6.45, 7) is 3.28. The number of amides is 1. The van der Waals surface area contributed by atoms with E-state index in [0.717, 1.165) is 0 Å². The lowest BCUT2D eigenvalue weighted by Gasteiger charge is -1.82.